The second-order valence-electron chi connectivity index (χ2n) is 4.83. The number of nitrogens with two attached hydrogens (primary N) is 1. The van der Waals surface area contributed by atoms with Gasteiger partial charge >= 0.3 is 0 Å². The summed E-state index contributed by atoms with van der Waals surface area (Å²) in [6, 6.07) is 3.16. The van der Waals surface area contributed by atoms with Gasteiger partial charge in [0, 0.05) is 6.54 Å². The molecule has 3 N–H and O–H groups in total. The Hall–Kier alpha value is -0.500. The number of thiophene rings is 1. The van der Waals surface area contributed by atoms with Crippen molar-refractivity contribution in [3.05, 3.63) is 17.0 Å². The Balaban J connectivity index is 2.83. The summed E-state index contributed by atoms with van der Waals surface area (Å²) in [5.74, 6) is 0. The molecule has 0 aliphatic carbocycles. The molecule has 0 unspecified atom stereocenters. The van der Waals surface area contributed by atoms with Crippen LogP contribution in [0.1, 0.15) is 32.1 Å². The van der Waals surface area contributed by atoms with Crippen LogP contribution in [-0.2, 0) is 10.0 Å². The van der Waals surface area contributed by atoms with E-state index in [2.05, 4.69) is 4.72 Å². The molecule has 1 rings (SSSR count). The molecule has 0 saturated heterocycles. The highest BCUT2D eigenvalue weighted by molar-refractivity contribution is 7.91. The maximum Gasteiger partial charge on any atom is 0.250 e. The summed E-state index contributed by atoms with van der Waals surface area (Å²) in [6.45, 7) is 6.48. The van der Waals surface area contributed by atoms with E-state index in [9.17, 15) is 8.42 Å². The van der Waals surface area contributed by atoms with Gasteiger partial charge in [-0.15, -0.1) is 11.3 Å². The van der Waals surface area contributed by atoms with E-state index in [1.807, 2.05) is 20.8 Å². The third-order valence-electron chi connectivity index (χ3n) is 2.79. The molecule has 0 spiro atoms. The highest BCUT2D eigenvalue weighted by Crippen LogP contribution is 2.23. The van der Waals surface area contributed by atoms with Gasteiger partial charge in [-0.1, -0.05) is 33.0 Å². The lowest BCUT2D eigenvalue weighted by Crippen LogP contribution is -2.33. The molecule has 0 saturated carbocycles. The van der Waals surface area contributed by atoms with Gasteiger partial charge in [0.15, 0.2) is 0 Å². The van der Waals surface area contributed by atoms with E-state index in [0.29, 0.717) is 11.4 Å². The number of hydrogen-bond donors (Lipinski definition) is 2. The van der Waals surface area contributed by atoms with Gasteiger partial charge in [-0.2, -0.15) is 0 Å². The van der Waals surface area contributed by atoms with Crippen molar-refractivity contribution in [3.8, 4) is 0 Å². The Morgan fingerprint density at radius 2 is 2.11 bits per heavy atom. The van der Waals surface area contributed by atoms with Crippen LogP contribution in [0.25, 0.3) is 0 Å². The molecule has 7 heteroatoms. The molecular formula is C11H18N2O2S3. The van der Waals surface area contributed by atoms with Crippen molar-refractivity contribution in [1.29, 1.82) is 0 Å². The number of thiocarbonyl (C=S) groups is 1. The Morgan fingerprint density at radius 1 is 1.50 bits per heavy atom. The molecule has 0 aliphatic heterocycles. The van der Waals surface area contributed by atoms with Crippen LogP contribution < -0.4 is 10.5 Å². The van der Waals surface area contributed by atoms with E-state index in [4.69, 9.17) is 18.0 Å². The van der Waals surface area contributed by atoms with E-state index in [1.165, 1.54) is 6.07 Å². The first-order valence-electron chi connectivity index (χ1n) is 5.57. The first-order chi connectivity index (χ1) is 8.18. The fraction of sp³-hybridized carbons (Fsp3) is 0.545. The van der Waals surface area contributed by atoms with Crippen LogP contribution in [0.4, 0.5) is 0 Å². The molecule has 0 amide bonds. The van der Waals surface area contributed by atoms with Crippen LogP contribution in [-0.4, -0.2) is 20.0 Å². The summed E-state index contributed by atoms with van der Waals surface area (Å²) in [5, 5.41) is 0. The molecule has 4 nitrogen and oxygen atoms in total. The minimum atomic E-state index is -3.46. The Morgan fingerprint density at radius 3 is 2.56 bits per heavy atom. The Bertz CT molecular complexity index is 532. The minimum Gasteiger partial charge on any atom is -0.389 e. The maximum absolute atomic E-state index is 12.0. The third-order valence-corrected chi connectivity index (χ3v) is 6.15. The molecule has 18 heavy (non-hydrogen) atoms. The molecule has 102 valence electrons. The quantitative estimate of drug-likeness (QED) is 0.790. The summed E-state index contributed by atoms with van der Waals surface area (Å²) in [4.78, 5) is 0.829. The number of hydrogen-bond acceptors (Lipinski definition) is 4. The van der Waals surface area contributed by atoms with Gasteiger partial charge in [0.25, 0.3) is 0 Å². The number of rotatable bonds is 6. The maximum atomic E-state index is 12.0. The van der Waals surface area contributed by atoms with Crippen molar-refractivity contribution in [2.45, 2.75) is 31.4 Å². The molecule has 0 bridgehead atoms. The van der Waals surface area contributed by atoms with Gasteiger partial charge in [0.1, 0.15) is 9.20 Å². The van der Waals surface area contributed by atoms with E-state index in [1.54, 1.807) is 6.07 Å². The molecular weight excluding hydrogens is 288 g/mol. The molecule has 0 atom stereocenters. The fourth-order valence-electron chi connectivity index (χ4n) is 1.08. The van der Waals surface area contributed by atoms with Crippen LogP contribution in [0.15, 0.2) is 16.3 Å². The normalized spacial score (nSPS) is 12.6. The lowest BCUT2D eigenvalue weighted by molar-refractivity contribution is 0.350. The fourth-order valence-corrected chi connectivity index (χ4v) is 3.72. The Kier molecular flexibility index (Phi) is 4.88. The smallest absolute Gasteiger partial charge is 0.250 e. The average Bonchev–Trinajstić information content (AvgIpc) is 2.77. The molecule has 1 aromatic heterocycles. The summed E-state index contributed by atoms with van der Waals surface area (Å²) in [7, 11) is -3.46. The zero-order valence-electron chi connectivity index (χ0n) is 10.7. The van der Waals surface area contributed by atoms with E-state index >= 15 is 0 Å². The van der Waals surface area contributed by atoms with Gasteiger partial charge in [-0.05, 0) is 24.0 Å². The SMILES string of the molecule is CCC(C)(C)CNS(=O)(=O)c1ccc(C(N)=S)s1. The molecule has 0 aliphatic rings. The Labute approximate surface area is 118 Å². The summed E-state index contributed by atoms with van der Waals surface area (Å²) >= 11 is 5.90. The van der Waals surface area contributed by atoms with Crippen LogP contribution in [0.3, 0.4) is 0 Å². The average molecular weight is 306 g/mol. The first-order valence-corrected chi connectivity index (χ1v) is 8.28. The van der Waals surface area contributed by atoms with Crippen molar-refractivity contribution in [2.75, 3.05) is 6.54 Å². The first kappa shape index (κ1) is 15.6. The lowest BCUT2D eigenvalue weighted by Gasteiger charge is -2.22. The minimum absolute atomic E-state index is 0.0592. The standard InChI is InChI=1S/C11H18N2O2S3/c1-4-11(2,3)7-13-18(14,15)9-6-5-8(17-9)10(12)16/h5-6,13H,4,7H2,1-3H3,(H2,12,16). The molecule has 0 fully saturated rings. The predicted octanol–water partition coefficient (Wildman–Crippen LogP) is 2.10. The van der Waals surface area contributed by atoms with Crippen molar-refractivity contribution in [1.82, 2.24) is 4.72 Å². The second-order valence-corrected chi connectivity index (χ2v) is 8.34. The van der Waals surface area contributed by atoms with Crippen molar-refractivity contribution in [2.24, 2.45) is 11.1 Å². The highest BCUT2D eigenvalue weighted by atomic mass is 32.2. The molecule has 1 aromatic rings. The van der Waals surface area contributed by atoms with Crippen molar-refractivity contribution < 1.29 is 8.42 Å². The van der Waals surface area contributed by atoms with Crippen LogP contribution in [0.2, 0.25) is 0 Å². The van der Waals surface area contributed by atoms with Gasteiger partial charge in [0.05, 0.1) is 4.88 Å². The zero-order valence-corrected chi connectivity index (χ0v) is 13.1. The number of sulfonamides is 1. The van der Waals surface area contributed by atoms with E-state index < -0.39 is 10.0 Å². The van der Waals surface area contributed by atoms with Crippen LogP contribution in [0.5, 0.6) is 0 Å². The van der Waals surface area contributed by atoms with Gasteiger partial charge in [0.2, 0.25) is 10.0 Å². The predicted molar refractivity (Wildman–Crippen MR) is 79.5 cm³/mol. The van der Waals surface area contributed by atoms with Crippen molar-refractivity contribution in [3.63, 3.8) is 0 Å². The zero-order chi connectivity index (χ0) is 14.0. The molecule has 0 aromatic carbocycles. The lowest BCUT2D eigenvalue weighted by atomic mass is 9.91. The van der Waals surface area contributed by atoms with Gasteiger partial charge in [-0.3, -0.25) is 0 Å². The largest absolute Gasteiger partial charge is 0.389 e. The van der Waals surface area contributed by atoms with Gasteiger partial charge in [-0.25, -0.2) is 13.1 Å². The summed E-state index contributed by atoms with van der Waals surface area (Å²) in [5.41, 5.74) is 5.40. The summed E-state index contributed by atoms with van der Waals surface area (Å²) in [6.07, 6.45) is 0.901. The monoisotopic (exact) mass is 306 g/mol. The van der Waals surface area contributed by atoms with Crippen molar-refractivity contribution >= 4 is 38.6 Å². The van der Waals surface area contributed by atoms with Crippen LogP contribution >= 0.6 is 23.6 Å². The van der Waals surface area contributed by atoms with E-state index in [0.717, 1.165) is 17.8 Å². The molecule has 0 radical (unpaired) electrons. The highest BCUT2D eigenvalue weighted by Gasteiger charge is 2.22. The summed E-state index contributed by atoms with van der Waals surface area (Å²) < 4.78 is 27.0. The second kappa shape index (κ2) is 5.64. The van der Waals surface area contributed by atoms with Crippen LogP contribution in [0, 0.1) is 5.41 Å². The van der Waals surface area contributed by atoms with E-state index in [-0.39, 0.29) is 14.6 Å². The molecule has 1 heterocycles. The topological polar surface area (TPSA) is 72.2 Å². The number of nitrogens with one attached hydrogen (secondary N) is 1. The third kappa shape index (κ3) is 4.01. The van der Waals surface area contributed by atoms with Gasteiger partial charge < -0.3 is 5.73 Å².